The minimum absolute atomic E-state index is 0.115. The summed E-state index contributed by atoms with van der Waals surface area (Å²) in [5.74, 6) is -3.51. The molecule has 0 aliphatic carbocycles. The Balaban J connectivity index is 1.52. The molecule has 5 rings (SSSR count). The molecule has 2 N–H and O–H groups in total. The molecule has 3 amide bonds. The zero-order valence-corrected chi connectivity index (χ0v) is 27.4. The van der Waals surface area contributed by atoms with Gasteiger partial charge in [-0.3, -0.25) is 19.2 Å². The van der Waals surface area contributed by atoms with Crippen LogP contribution in [0.1, 0.15) is 55.3 Å². The summed E-state index contributed by atoms with van der Waals surface area (Å²) < 4.78 is 12.4. The van der Waals surface area contributed by atoms with E-state index < -0.39 is 60.2 Å². The Labute approximate surface area is 276 Å². The predicted molar refractivity (Wildman–Crippen MR) is 177 cm³/mol. The van der Waals surface area contributed by atoms with Crippen molar-refractivity contribution in [3.05, 3.63) is 90.5 Å². The number of fused-ring (bicyclic) bond motifs is 1. The number of ether oxygens (including phenoxy) is 2. The number of esters is 1. The number of nitrogens with one attached hydrogen (secondary N) is 1. The topological polar surface area (TPSA) is 125 Å². The molecule has 3 heterocycles. The Morgan fingerprint density at radius 3 is 2.60 bits per heavy atom. The first-order valence-corrected chi connectivity index (χ1v) is 16.3. The molecule has 0 unspecified atom stereocenters. The molecular formula is C37H45N3O7. The van der Waals surface area contributed by atoms with Crippen LogP contribution < -0.4 is 10.2 Å². The number of likely N-dealkylation sites (tertiary alicyclic amines) is 1. The molecule has 2 aromatic rings. The van der Waals surface area contributed by atoms with Gasteiger partial charge in [-0.1, -0.05) is 54.6 Å². The summed E-state index contributed by atoms with van der Waals surface area (Å²) >= 11 is 0. The van der Waals surface area contributed by atoms with Gasteiger partial charge in [-0.15, -0.1) is 13.2 Å². The Bertz CT molecular complexity index is 1530. The fourth-order valence-corrected chi connectivity index (χ4v) is 7.50. The number of allylic oxidation sites excluding steroid dienone is 1. The van der Waals surface area contributed by atoms with Crippen molar-refractivity contribution in [2.75, 3.05) is 24.6 Å². The van der Waals surface area contributed by atoms with Crippen molar-refractivity contribution >= 4 is 29.4 Å². The average molecular weight is 644 g/mol. The van der Waals surface area contributed by atoms with Crippen molar-refractivity contribution in [3.63, 3.8) is 0 Å². The van der Waals surface area contributed by atoms with E-state index in [1.807, 2.05) is 62.4 Å². The Morgan fingerprint density at radius 1 is 1.17 bits per heavy atom. The first-order valence-electron chi connectivity index (χ1n) is 16.3. The number of carbonyl (C=O) groups excluding carboxylic acids is 4. The third kappa shape index (κ3) is 6.36. The number of rotatable bonds is 14. The van der Waals surface area contributed by atoms with Gasteiger partial charge in [0.2, 0.25) is 11.8 Å². The first-order chi connectivity index (χ1) is 22.6. The molecule has 3 aliphatic rings. The predicted octanol–water partition coefficient (Wildman–Crippen LogP) is 3.94. The molecule has 10 nitrogen and oxygen atoms in total. The molecule has 250 valence electrons. The SMILES string of the molecule is C=CCCC(=O)NC[C@@H](C)OC(=O)[C@@H]1[C@@H]2CC[C@]3(O2)[C@H](C(=O)N(CC=C)c2cc(C)ccc2C)N([C@H](CO)c2ccccc2)C(=O)[C@@H]13. The van der Waals surface area contributed by atoms with Crippen molar-refractivity contribution < 1.29 is 33.8 Å². The van der Waals surface area contributed by atoms with E-state index in [2.05, 4.69) is 18.5 Å². The fourth-order valence-electron chi connectivity index (χ4n) is 7.50. The van der Waals surface area contributed by atoms with E-state index in [4.69, 9.17) is 9.47 Å². The van der Waals surface area contributed by atoms with Gasteiger partial charge < -0.3 is 29.7 Å². The van der Waals surface area contributed by atoms with Crippen molar-refractivity contribution in [1.29, 1.82) is 0 Å². The van der Waals surface area contributed by atoms with Gasteiger partial charge in [0.25, 0.3) is 5.91 Å². The average Bonchev–Trinajstić information content (AvgIpc) is 3.71. The molecule has 0 radical (unpaired) electrons. The van der Waals surface area contributed by atoms with Gasteiger partial charge in [0, 0.05) is 18.7 Å². The number of hydrogen-bond donors (Lipinski definition) is 2. The zero-order valence-electron chi connectivity index (χ0n) is 27.4. The Hall–Kier alpha value is -4.28. The molecular weight excluding hydrogens is 598 g/mol. The quantitative estimate of drug-likeness (QED) is 0.236. The van der Waals surface area contributed by atoms with Crippen LogP contribution in [-0.4, -0.2) is 77.2 Å². The molecule has 2 aromatic carbocycles. The summed E-state index contributed by atoms with van der Waals surface area (Å²) in [6.45, 7) is 12.9. The highest BCUT2D eigenvalue weighted by atomic mass is 16.6. The molecule has 2 bridgehead atoms. The number of aliphatic hydroxyl groups is 1. The van der Waals surface area contributed by atoms with E-state index >= 15 is 0 Å². The minimum Gasteiger partial charge on any atom is -0.460 e. The fraction of sp³-hybridized carbons (Fsp3) is 0.459. The van der Waals surface area contributed by atoms with Crippen LogP contribution in [-0.2, 0) is 28.7 Å². The van der Waals surface area contributed by atoms with E-state index in [-0.39, 0.29) is 31.3 Å². The van der Waals surface area contributed by atoms with E-state index in [1.165, 1.54) is 4.90 Å². The largest absolute Gasteiger partial charge is 0.460 e. The molecule has 47 heavy (non-hydrogen) atoms. The highest BCUT2D eigenvalue weighted by molar-refractivity contribution is 6.05. The van der Waals surface area contributed by atoms with Crippen molar-refractivity contribution in [2.24, 2.45) is 11.8 Å². The van der Waals surface area contributed by atoms with E-state index in [0.717, 1.165) is 11.1 Å². The number of nitrogens with zero attached hydrogens (tertiary/aromatic N) is 2. The Kier molecular flexibility index (Phi) is 10.3. The van der Waals surface area contributed by atoms with Gasteiger partial charge >= 0.3 is 5.97 Å². The number of amides is 3. The van der Waals surface area contributed by atoms with Gasteiger partial charge in [-0.25, -0.2) is 0 Å². The molecule has 3 fully saturated rings. The third-order valence-electron chi connectivity index (χ3n) is 9.65. The Morgan fingerprint density at radius 2 is 1.91 bits per heavy atom. The molecule has 3 saturated heterocycles. The molecule has 7 atom stereocenters. The second kappa shape index (κ2) is 14.2. The lowest BCUT2D eigenvalue weighted by molar-refractivity contribution is -0.159. The smallest absolute Gasteiger partial charge is 0.312 e. The van der Waals surface area contributed by atoms with Crippen LogP contribution in [0, 0.1) is 25.7 Å². The lowest BCUT2D eigenvalue weighted by atomic mass is 9.70. The highest BCUT2D eigenvalue weighted by Gasteiger charge is 2.76. The van der Waals surface area contributed by atoms with Gasteiger partial charge in [-0.05, 0) is 62.8 Å². The van der Waals surface area contributed by atoms with Gasteiger partial charge in [0.1, 0.15) is 17.7 Å². The van der Waals surface area contributed by atoms with Crippen molar-refractivity contribution in [2.45, 2.75) is 76.3 Å². The second-order valence-corrected chi connectivity index (χ2v) is 12.8. The maximum Gasteiger partial charge on any atom is 0.312 e. The van der Waals surface area contributed by atoms with Crippen LogP contribution in [0.15, 0.2) is 73.8 Å². The third-order valence-corrected chi connectivity index (χ3v) is 9.65. The lowest BCUT2D eigenvalue weighted by Gasteiger charge is -2.39. The summed E-state index contributed by atoms with van der Waals surface area (Å²) in [6, 6.07) is 12.9. The highest BCUT2D eigenvalue weighted by Crippen LogP contribution is 2.60. The van der Waals surface area contributed by atoms with Crippen molar-refractivity contribution in [1.82, 2.24) is 10.2 Å². The van der Waals surface area contributed by atoms with Crippen LogP contribution in [0.25, 0.3) is 0 Å². The number of carbonyl (C=O) groups is 4. The summed E-state index contributed by atoms with van der Waals surface area (Å²) in [4.78, 5) is 58.7. The monoisotopic (exact) mass is 643 g/mol. The standard InChI is InChI=1S/C37H45N3O7/c1-6-8-14-30(42)38-21-25(5)46-36(45)31-29-17-18-37(47-29)32(31)34(43)40(28(22-41)26-12-10-9-11-13-26)33(37)35(44)39(19-7-2)27-20-23(3)15-16-24(27)4/h6-7,9-13,15-16,20,25,28-29,31-33,41H,1-2,8,14,17-19,21-22H2,3-5H3,(H,38,42)/t25-,28-,29+,31-,32-,33+,37-/m1/s1. The van der Waals surface area contributed by atoms with E-state index in [1.54, 1.807) is 24.0 Å². The lowest BCUT2D eigenvalue weighted by Crippen LogP contribution is -2.57. The summed E-state index contributed by atoms with van der Waals surface area (Å²) in [7, 11) is 0. The number of hydrogen-bond acceptors (Lipinski definition) is 7. The number of aryl methyl sites for hydroxylation is 2. The molecule has 1 spiro atoms. The second-order valence-electron chi connectivity index (χ2n) is 12.8. The van der Waals surface area contributed by atoms with Crippen LogP contribution in [0.4, 0.5) is 5.69 Å². The van der Waals surface area contributed by atoms with Crippen LogP contribution in [0.5, 0.6) is 0 Å². The molecule has 0 saturated carbocycles. The summed E-state index contributed by atoms with van der Waals surface area (Å²) in [6.07, 6.45) is 3.71. The molecule has 3 aliphatic heterocycles. The molecule has 0 aromatic heterocycles. The van der Waals surface area contributed by atoms with Gasteiger partial charge in [-0.2, -0.15) is 0 Å². The number of anilines is 1. The minimum atomic E-state index is -1.30. The van der Waals surface area contributed by atoms with E-state index in [0.29, 0.717) is 30.5 Å². The van der Waals surface area contributed by atoms with Gasteiger partial charge in [0.15, 0.2) is 0 Å². The summed E-state index contributed by atoms with van der Waals surface area (Å²) in [5, 5.41) is 13.5. The van der Waals surface area contributed by atoms with Gasteiger partial charge in [0.05, 0.1) is 37.1 Å². The van der Waals surface area contributed by atoms with Crippen LogP contribution in [0.2, 0.25) is 0 Å². The maximum absolute atomic E-state index is 15.0. The van der Waals surface area contributed by atoms with Crippen LogP contribution >= 0.6 is 0 Å². The summed E-state index contributed by atoms with van der Waals surface area (Å²) in [5.41, 5.74) is 1.89. The first kappa shape index (κ1) is 34.1. The maximum atomic E-state index is 15.0. The van der Waals surface area contributed by atoms with E-state index in [9.17, 15) is 24.3 Å². The zero-order chi connectivity index (χ0) is 33.9. The number of benzene rings is 2. The van der Waals surface area contributed by atoms with Crippen LogP contribution in [0.3, 0.4) is 0 Å². The molecule has 10 heteroatoms. The normalized spacial score (nSPS) is 25.5. The van der Waals surface area contributed by atoms with Crippen molar-refractivity contribution in [3.8, 4) is 0 Å². The number of aliphatic hydroxyl groups excluding tert-OH is 1.